The van der Waals surface area contributed by atoms with E-state index in [-0.39, 0.29) is 12.2 Å². The van der Waals surface area contributed by atoms with Crippen molar-refractivity contribution in [3.63, 3.8) is 0 Å². The molecule has 0 aliphatic carbocycles. The van der Waals surface area contributed by atoms with Crippen LogP contribution in [-0.2, 0) is 11.3 Å². The molecule has 0 aliphatic rings. The van der Waals surface area contributed by atoms with Crippen molar-refractivity contribution in [2.75, 3.05) is 0 Å². The van der Waals surface area contributed by atoms with E-state index in [1.165, 1.54) is 10.8 Å². The third-order valence-corrected chi connectivity index (χ3v) is 3.74. The van der Waals surface area contributed by atoms with Gasteiger partial charge in [-0.15, -0.1) is 0 Å². The average molecular weight is 319 g/mol. The maximum absolute atomic E-state index is 12.4. The molecule has 2 radical (unpaired) electrons. The van der Waals surface area contributed by atoms with Crippen molar-refractivity contribution in [1.29, 1.82) is 0 Å². The summed E-state index contributed by atoms with van der Waals surface area (Å²) in [6.07, 6.45) is 0.636. The zero-order valence-corrected chi connectivity index (χ0v) is 13.0. The summed E-state index contributed by atoms with van der Waals surface area (Å²) < 4.78 is 6.52. The lowest BCUT2D eigenvalue weighted by molar-refractivity contribution is 0.0699. The highest BCUT2D eigenvalue weighted by atomic mass is 16.5. The van der Waals surface area contributed by atoms with E-state index in [9.17, 15) is 14.7 Å². The Morgan fingerprint density at radius 2 is 1.92 bits per heavy atom. The third-order valence-electron chi connectivity index (χ3n) is 3.74. The highest BCUT2D eigenvalue weighted by molar-refractivity contribution is 6.33. The second-order valence-corrected chi connectivity index (χ2v) is 5.49. The van der Waals surface area contributed by atoms with Crippen LogP contribution in [0.5, 0.6) is 0 Å². The quantitative estimate of drug-likeness (QED) is 0.754. The number of hydrogen-bond donors (Lipinski definition) is 1. The molecule has 0 saturated heterocycles. The summed E-state index contributed by atoms with van der Waals surface area (Å²) in [6.45, 7) is 1.88. The van der Waals surface area contributed by atoms with Gasteiger partial charge in [-0.3, -0.25) is 4.57 Å². The van der Waals surface area contributed by atoms with Gasteiger partial charge >= 0.3 is 12.1 Å². The topological polar surface area (TPSA) is 68.5 Å². The first-order valence-electron chi connectivity index (χ1n) is 7.33. The van der Waals surface area contributed by atoms with E-state index in [0.717, 1.165) is 5.56 Å². The highest BCUT2D eigenvalue weighted by Gasteiger charge is 2.20. The highest BCUT2D eigenvalue weighted by Crippen LogP contribution is 2.24. The minimum atomic E-state index is -1.13. The average Bonchev–Trinajstić information content (AvgIpc) is 2.93. The van der Waals surface area contributed by atoms with Gasteiger partial charge in [-0.2, -0.15) is 0 Å². The van der Waals surface area contributed by atoms with E-state index in [1.54, 1.807) is 19.1 Å². The lowest BCUT2D eigenvalue weighted by Gasteiger charge is -2.08. The van der Waals surface area contributed by atoms with Crippen LogP contribution in [0.2, 0.25) is 0 Å². The van der Waals surface area contributed by atoms with Gasteiger partial charge in [0.1, 0.15) is 14.5 Å². The number of aryl methyl sites for hydroxylation is 1. The zero-order chi connectivity index (χ0) is 17.3. The minimum absolute atomic E-state index is 0.0112. The van der Waals surface area contributed by atoms with Crippen LogP contribution in [0.25, 0.3) is 10.9 Å². The molecule has 0 bridgehead atoms. The number of rotatable bonds is 3. The predicted molar refractivity (Wildman–Crippen MR) is 91.0 cm³/mol. The smallest absolute Gasteiger partial charge is 0.418 e. The summed E-state index contributed by atoms with van der Waals surface area (Å²) in [5.41, 5.74) is 2.49. The lowest BCUT2D eigenvalue weighted by Crippen LogP contribution is -2.13. The zero-order valence-electron chi connectivity index (χ0n) is 13.0. The number of aromatic carboxylic acids is 1. The van der Waals surface area contributed by atoms with Crippen molar-refractivity contribution in [2.45, 2.75) is 13.5 Å². The Labute approximate surface area is 139 Å². The Morgan fingerprint density at radius 3 is 2.58 bits per heavy atom. The fraction of sp³-hybridized carbons (Fsp3) is 0.111. The number of carbonyl (C=O) groups is 2. The number of carboxylic acid groups (broad SMARTS) is 1. The fourth-order valence-electron chi connectivity index (χ4n) is 2.70. The second-order valence-electron chi connectivity index (χ2n) is 5.49. The minimum Gasteiger partial charge on any atom is -0.478 e. The van der Waals surface area contributed by atoms with Crippen LogP contribution in [-0.4, -0.2) is 29.6 Å². The van der Waals surface area contributed by atoms with Crippen molar-refractivity contribution in [2.24, 2.45) is 0 Å². The summed E-state index contributed by atoms with van der Waals surface area (Å²) in [5, 5.41) is 9.77. The molecule has 24 heavy (non-hydrogen) atoms. The molecular weight excluding hydrogens is 305 g/mol. The van der Waals surface area contributed by atoms with Crippen molar-refractivity contribution in [3.8, 4) is 0 Å². The van der Waals surface area contributed by atoms with Crippen LogP contribution < -0.4 is 5.46 Å². The van der Waals surface area contributed by atoms with Gasteiger partial charge < -0.3 is 9.84 Å². The Morgan fingerprint density at radius 1 is 1.21 bits per heavy atom. The number of hydrogen-bond acceptors (Lipinski definition) is 3. The van der Waals surface area contributed by atoms with Gasteiger partial charge in [0.25, 0.3) is 0 Å². The first-order valence-corrected chi connectivity index (χ1v) is 7.33. The van der Waals surface area contributed by atoms with E-state index in [2.05, 4.69) is 0 Å². The summed E-state index contributed by atoms with van der Waals surface area (Å²) in [5.74, 6) is -1.13. The van der Waals surface area contributed by atoms with Gasteiger partial charge in [-0.05, 0) is 18.1 Å². The summed E-state index contributed by atoms with van der Waals surface area (Å²) >= 11 is 0. The Hall–Kier alpha value is -3.02. The van der Waals surface area contributed by atoms with Crippen LogP contribution in [0.15, 0.2) is 48.7 Å². The van der Waals surface area contributed by atoms with Gasteiger partial charge in [0.2, 0.25) is 0 Å². The maximum Gasteiger partial charge on any atom is 0.418 e. The number of carbonyl (C=O) groups excluding carboxylic acids is 1. The number of fused-ring (bicyclic) bond motifs is 1. The van der Waals surface area contributed by atoms with E-state index in [0.29, 0.717) is 21.9 Å². The standard InChI is InChI=1S/C18H14BNO4/c1-11-7-13(19)8-14-15(17(21)22)9-20(16(11)14)18(23)24-10-12-5-3-2-4-6-12/h2-9H,10H2,1H3,(H,21,22). The van der Waals surface area contributed by atoms with Gasteiger partial charge in [0, 0.05) is 11.6 Å². The Kier molecular flexibility index (Phi) is 4.12. The fourth-order valence-corrected chi connectivity index (χ4v) is 2.70. The first-order chi connectivity index (χ1) is 11.5. The number of nitrogens with zero attached hydrogens (tertiary/aromatic N) is 1. The molecule has 0 atom stereocenters. The second kappa shape index (κ2) is 6.24. The summed E-state index contributed by atoms with van der Waals surface area (Å²) in [4.78, 5) is 23.9. The van der Waals surface area contributed by atoms with Gasteiger partial charge in [0.05, 0.1) is 11.1 Å². The largest absolute Gasteiger partial charge is 0.478 e. The first kappa shape index (κ1) is 15.9. The molecule has 0 unspecified atom stereocenters. The van der Waals surface area contributed by atoms with Crippen molar-refractivity contribution in [3.05, 3.63) is 65.4 Å². The monoisotopic (exact) mass is 319 g/mol. The summed E-state index contributed by atoms with van der Waals surface area (Å²) in [6, 6.07) is 12.5. The molecule has 0 saturated carbocycles. The van der Waals surface area contributed by atoms with E-state index >= 15 is 0 Å². The van der Waals surface area contributed by atoms with E-state index in [4.69, 9.17) is 12.6 Å². The third kappa shape index (κ3) is 2.90. The predicted octanol–water partition coefficient (Wildman–Crippen LogP) is 2.63. The SMILES string of the molecule is [B]c1cc(C)c2c(c1)c(C(=O)O)cn2C(=O)OCc1ccccc1. The summed E-state index contributed by atoms with van der Waals surface area (Å²) in [7, 11) is 5.80. The molecular formula is C18H14BNO4. The molecule has 1 aromatic heterocycles. The van der Waals surface area contributed by atoms with Gasteiger partial charge in [0.15, 0.2) is 0 Å². The van der Waals surface area contributed by atoms with Crippen LogP contribution in [0.1, 0.15) is 21.5 Å². The molecule has 3 aromatic rings. The Balaban J connectivity index is 1.99. The molecule has 1 heterocycles. The molecule has 0 spiro atoms. The Bertz CT molecular complexity index is 931. The van der Waals surface area contributed by atoms with Crippen LogP contribution in [0, 0.1) is 6.92 Å². The lowest BCUT2D eigenvalue weighted by atomic mass is 9.92. The van der Waals surface area contributed by atoms with E-state index in [1.807, 2.05) is 30.3 Å². The molecule has 0 amide bonds. The number of benzene rings is 2. The van der Waals surface area contributed by atoms with Crippen LogP contribution >= 0.6 is 0 Å². The molecule has 118 valence electrons. The van der Waals surface area contributed by atoms with Crippen molar-refractivity contribution < 1.29 is 19.4 Å². The van der Waals surface area contributed by atoms with Crippen LogP contribution in [0.3, 0.4) is 0 Å². The molecule has 6 heteroatoms. The molecule has 0 aliphatic heterocycles. The normalized spacial score (nSPS) is 10.7. The molecule has 2 aromatic carbocycles. The maximum atomic E-state index is 12.4. The molecule has 0 fully saturated rings. The van der Waals surface area contributed by atoms with Crippen LogP contribution in [0.4, 0.5) is 4.79 Å². The van der Waals surface area contributed by atoms with Crippen molar-refractivity contribution in [1.82, 2.24) is 4.57 Å². The number of aromatic nitrogens is 1. The van der Waals surface area contributed by atoms with E-state index < -0.39 is 12.1 Å². The van der Waals surface area contributed by atoms with Gasteiger partial charge in [-0.25, -0.2) is 9.59 Å². The van der Waals surface area contributed by atoms with Gasteiger partial charge in [-0.1, -0.05) is 47.9 Å². The molecule has 1 N–H and O–H groups in total. The number of carboxylic acids is 1. The molecule has 5 nitrogen and oxygen atoms in total. The number of ether oxygens (including phenoxy) is 1. The molecule has 3 rings (SSSR count). The van der Waals surface area contributed by atoms with Crippen molar-refractivity contribution >= 4 is 36.3 Å².